The smallest absolute Gasteiger partial charge is 0.267 e. The molecule has 0 saturated heterocycles. The fraction of sp³-hybridized carbons (Fsp3) is 0.375. The van der Waals surface area contributed by atoms with Gasteiger partial charge >= 0.3 is 0 Å². The number of hydrogen-bond acceptors (Lipinski definition) is 3. The molecule has 0 aliphatic heterocycles. The molecule has 0 atom stereocenters. The van der Waals surface area contributed by atoms with Crippen molar-refractivity contribution in [2.24, 2.45) is 5.92 Å². The predicted octanol–water partition coefficient (Wildman–Crippen LogP) is 4.16. The topological polar surface area (TPSA) is 76.0 Å². The van der Waals surface area contributed by atoms with E-state index in [0.29, 0.717) is 18.7 Å². The largest absolute Gasteiger partial charge is 0.350 e. The summed E-state index contributed by atoms with van der Waals surface area (Å²) < 4.78 is 2.06. The van der Waals surface area contributed by atoms with Crippen LogP contribution in [-0.2, 0) is 17.8 Å². The van der Waals surface area contributed by atoms with Gasteiger partial charge in [-0.3, -0.25) is 14.6 Å². The maximum Gasteiger partial charge on any atom is 0.267 e. The summed E-state index contributed by atoms with van der Waals surface area (Å²) in [6.45, 7) is 3.40. The molecule has 6 nitrogen and oxygen atoms in total. The molecule has 1 aliphatic rings. The molecule has 2 heterocycles. The number of nitrogens with one attached hydrogen (secondary N) is 2. The maximum absolute atomic E-state index is 12.9. The second-order valence-electron chi connectivity index (χ2n) is 7.90. The molecule has 3 aromatic rings. The Labute approximate surface area is 176 Å². The molecular formula is C24H28N4O2. The fourth-order valence-corrected chi connectivity index (χ4v) is 3.86. The summed E-state index contributed by atoms with van der Waals surface area (Å²) in [4.78, 5) is 29.4. The lowest BCUT2D eigenvalue weighted by atomic mass is 9.85. The number of rotatable bonds is 8. The first-order valence-electron chi connectivity index (χ1n) is 10.8. The van der Waals surface area contributed by atoms with E-state index in [1.54, 1.807) is 6.20 Å². The van der Waals surface area contributed by atoms with Crippen molar-refractivity contribution in [1.82, 2.24) is 14.9 Å². The summed E-state index contributed by atoms with van der Waals surface area (Å²) in [5, 5.41) is 7.00. The minimum Gasteiger partial charge on any atom is -0.350 e. The Bertz CT molecular complexity index is 1040. The third kappa shape index (κ3) is 4.37. The maximum atomic E-state index is 12.9. The van der Waals surface area contributed by atoms with E-state index in [1.807, 2.05) is 42.5 Å². The van der Waals surface area contributed by atoms with Crippen molar-refractivity contribution in [3.63, 3.8) is 0 Å². The van der Waals surface area contributed by atoms with Crippen LogP contribution in [-0.4, -0.2) is 27.9 Å². The van der Waals surface area contributed by atoms with Crippen molar-refractivity contribution < 1.29 is 9.59 Å². The van der Waals surface area contributed by atoms with Crippen LogP contribution in [0.5, 0.6) is 0 Å². The Morgan fingerprint density at radius 3 is 2.73 bits per heavy atom. The number of hydrogen-bond donors (Lipinski definition) is 2. The Morgan fingerprint density at radius 1 is 1.17 bits per heavy atom. The summed E-state index contributed by atoms with van der Waals surface area (Å²) in [6, 6.07) is 13.6. The summed E-state index contributed by atoms with van der Waals surface area (Å²) in [5.41, 5.74) is 3.40. The van der Waals surface area contributed by atoms with Gasteiger partial charge in [0.15, 0.2) is 0 Å². The minimum atomic E-state index is -0.0874. The van der Waals surface area contributed by atoms with Gasteiger partial charge < -0.3 is 15.2 Å². The summed E-state index contributed by atoms with van der Waals surface area (Å²) >= 11 is 0. The predicted molar refractivity (Wildman–Crippen MR) is 118 cm³/mol. The van der Waals surface area contributed by atoms with Crippen molar-refractivity contribution in [1.29, 1.82) is 0 Å². The van der Waals surface area contributed by atoms with Gasteiger partial charge in [-0.1, -0.05) is 19.4 Å². The Kier molecular flexibility index (Phi) is 6.12. The molecule has 1 aromatic carbocycles. The standard InChI is InChI=1S/C24H28N4O2/c1-2-14-28-21-10-9-20(27-23(29)17-6-5-7-17)15-18(21)16-22(28)24(30)26-13-11-19-8-3-4-12-25-19/h3-4,8-10,12,15-17H,2,5-7,11,13-14H2,1H3,(H,26,30)(H,27,29). The number of pyridine rings is 1. The molecule has 0 spiro atoms. The molecule has 0 radical (unpaired) electrons. The highest BCUT2D eigenvalue weighted by Gasteiger charge is 2.25. The monoisotopic (exact) mass is 404 g/mol. The summed E-state index contributed by atoms with van der Waals surface area (Å²) in [5.74, 6) is 0.155. The van der Waals surface area contributed by atoms with Crippen LogP contribution in [0.25, 0.3) is 10.9 Å². The number of aryl methyl sites for hydroxylation is 1. The first kappa shape index (κ1) is 20.1. The fourth-order valence-electron chi connectivity index (χ4n) is 3.86. The highest BCUT2D eigenvalue weighted by Crippen LogP contribution is 2.29. The van der Waals surface area contributed by atoms with Gasteiger partial charge in [-0.2, -0.15) is 0 Å². The number of fused-ring (bicyclic) bond motifs is 1. The first-order valence-corrected chi connectivity index (χ1v) is 10.8. The zero-order chi connectivity index (χ0) is 20.9. The molecule has 2 amide bonds. The van der Waals surface area contributed by atoms with Gasteiger partial charge in [-0.15, -0.1) is 0 Å². The molecule has 4 rings (SSSR count). The molecule has 1 aliphatic carbocycles. The number of amides is 2. The SMILES string of the molecule is CCCn1c(C(=O)NCCc2ccccn2)cc2cc(NC(=O)C3CCC3)ccc21. The molecule has 0 unspecified atom stereocenters. The number of nitrogens with zero attached hydrogens (tertiary/aromatic N) is 2. The van der Waals surface area contributed by atoms with E-state index < -0.39 is 0 Å². The zero-order valence-electron chi connectivity index (χ0n) is 17.4. The van der Waals surface area contributed by atoms with Crippen LogP contribution in [0.3, 0.4) is 0 Å². The minimum absolute atomic E-state index is 0.0874. The van der Waals surface area contributed by atoms with Gasteiger partial charge in [-0.05, 0) is 55.7 Å². The molecule has 1 fully saturated rings. The van der Waals surface area contributed by atoms with Crippen LogP contribution in [0.2, 0.25) is 0 Å². The normalized spacial score (nSPS) is 13.8. The molecule has 156 valence electrons. The van der Waals surface area contributed by atoms with Crippen LogP contribution >= 0.6 is 0 Å². The van der Waals surface area contributed by atoms with Gasteiger partial charge in [0.05, 0.1) is 0 Å². The van der Waals surface area contributed by atoms with Crippen molar-refractivity contribution in [3.8, 4) is 0 Å². The summed E-state index contributed by atoms with van der Waals surface area (Å²) in [6.07, 6.45) is 6.47. The highest BCUT2D eigenvalue weighted by atomic mass is 16.2. The van der Waals surface area contributed by atoms with E-state index in [2.05, 4.69) is 27.1 Å². The lowest BCUT2D eigenvalue weighted by Gasteiger charge is -2.24. The number of aromatic nitrogens is 2. The van der Waals surface area contributed by atoms with Gasteiger partial charge in [-0.25, -0.2) is 0 Å². The molecule has 30 heavy (non-hydrogen) atoms. The second-order valence-corrected chi connectivity index (χ2v) is 7.90. The quantitative estimate of drug-likeness (QED) is 0.592. The van der Waals surface area contributed by atoms with Crippen molar-refractivity contribution in [2.75, 3.05) is 11.9 Å². The molecule has 0 bridgehead atoms. The van der Waals surface area contributed by atoms with Crippen LogP contribution in [0.15, 0.2) is 48.7 Å². The molecule has 1 saturated carbocycles. The van der Waals surface area contributed by atoms with Gasteiger partial charge in [0.1, 0.15) is 5.69 Å². The van der Waals surface area contributed by atoms with Crippen molar-refractivity contribution in [3.05, 3.63) is 60.0 Å². The average molecular weight is 405 g/mol. The average Bonchev–Trinajstić information content (AvgIpc) is 3.05. The highest BCUT2D eigenvalue weighted by molar-refractivity contribution is 6.01. The number of benzene rings is 1. The van der Waals surface area contributed by atoms with Crippen molar-refractivity contribution >= 4 is 28.4 Å². The molecule has 2 N–H and O–H groups in total. The van der Waals surface area contributed by atoms with E-state index in [0.717, 1.165) is 54.5 Å². The third-order valence-electron chi connectivity index (χ3n) is 5.72. The Morgan fingerprint density at radius 2 is 2.03 bits per heavy atom. The van der Waals surface area contributed by atoms with Gasteiger partial charge in [0.2, 0.25) is 5.91 Å². The van der Waals surface area contributed by atoms with Crippen LogP contribution in [0.4, 0.5) is 5.69 Å². The van der Waals surface area contributed by atoms with E-state index in [9.17, 15) is 9.59 Å². The number of anilines is 1. The van der Waals surface area contributed by atoms with E-state index in [1.165, 1.54) is 0 Å². The molecule has 6 heteroatoms. The first-order chi connectivity index (χ1) is 14.7. The summed E-state index contributed by atoms with van der Waals surface area (Å²) in [7, 11) is 0. The second kappa shape index (κ2) is 9.11. The van der Waals surface area contributed by atoms with Crippen LogP contribution < -0.4 is 10.6 Å². The third-order valence-corrected chi connectivity index (χ3v) is 5.72. The van der Waals surface area contributed by atoms with E-state index in [-0.39, 0.29) is 17.7 Å². The van der Waals surface area contributed by atoms with Gasteiger partial charge in [0, 0.05) is 53.9 Å². The van der Waals surface area contributed by atoms with Crippen LogP contribution in [0.1, 0.15) is 48.8 Å². The lowest BCUT2D eigenvalue weighted by Crippen LogP contribution is -2.28. The number of carbonyl (C=O) groups is 2. The van der Waals surface area contributed by atoms with E-state index in [4.69, 9.17) is 0 Å². The Hall–Kier alpha value is -3.15. The lowest BCUT2D eigenvalue weighted by molar-refractivity contribution is -0.122. The van der Waals surface area contributed by atoms with Crippen molar-refractivity contribution in [2.45, 2.75) is 45.6 Å². The number of carbonyl (C=O) groups excluding carboxylic acids is 2. The molecular weight excluding hydrogens is 376 g/mol. The van der Waals surface area contributed by atoms with E-state index >= 15 is 0 Å². The molecule has 2 aromatic heterocycles. The zero-order valence-corrected chi connectivity index (χ0v) is 17.4. The Balaban J connectivity index is 1.49. The van der Waals surface area contributed by atoms with Gasteiger partial charge in [0.25, 0.3) is 5.91 Å². The van der Waals surface area contributed by atoms with Crippen LogP contribution in [0, 0.1) is 5.92 Å².